The Morgan fingerprint density at radius 2 is 1.32 bits per heavy atom. The lowest BCUT2D eigenvalue weighted by atomic mass is 10.1. The van der Waals surface area contributed by atoms with Crippen molar-refractivity contribution in [3.63, 3.8) is 0 Å². The van der Waals surface area contributed by atoms with Gasteiger partial charge in [0.05, 0.1) is 26.2 Å². The number of unbranched alkanes of at least 4 members (excludes halogenated alkanes) is 4. The molecule has 1 aromatic rings. The third-order valence-electron chi connectivity index (χ3n) is 4.58. The maximum atomic E-state index is 9.77. The first-order chi connectivity index (χ1) is 12.0. The maximum absolute atomic E-state index is 9.77. The molecule has 0 saturated carbocycles. The van der Waals surface area contributed by atoms with E-state index in [1.54, 1.807) is 0 Å². The number of hydrogen-bond donors (Lipinski definition) is 0. The van der Waals surface area contributed by atoms with Crippen molar-refractivity contribution in [2.45, 2.75) is 79.1 Å². The Kier molecular flexibility index (Phi) is 14.0. The van der Waals surface area contributed by atoms with Gasteiger partial charge in [0.15, 0.2) is 5.82 Å². The van der Waals surface area contributed by atoms with Crippen molar-refractivity contribution in [1.29, 1.82) is 0 Å². The quantitative estimate of drug-likeness (QED) is 0.285. The molecule has 0 aliphatic rings. The van der Waals surface area contributed by atoms with E-state index in [2.05, 4.69) is 37.7 Å². The third-order valence-corrected chi connectivity index (χ3v) is 4.58. The fourth-order valence-corrected chi connectivity index (χ4v) is 2.97. The Morgan fingerprint density at radius 3 is 1.52 bits per heavy atom. The smallest absolute Gasteiger partial charge is 0.158 e. The molecule has 1 rings (SSSR count). The SMILES string of the molecule is CCCC[N+](CCCC)(CCCC)CCCC.O=[N+]([O-])c1c[n-]cn1. The summed E-state index contributed by atoms with van der Waals surface area (Å²) in [5.41, 5.74) is 0. The van der Waals surface area contributed by atoms with Gasteiger partial charge in [-0.1, -0.05) is 64.6 Å². The van der Waals surface area contributed by atoms with Crippen LogP contribution in [0, 0.1) is 10.1 Å². The van der Waals surface area contributed by atoms with E-state index in [4.69, 9.17) is 0 Å². The number of nitro groups is 1. The molecule has 0 spiro atoms. The van der Waals surface area contributed by atoms with Crippen LogP contribution in [0.15, 0.2) is 12.5 Å². The molecule has 0 fully saturated rings. The molecule has 0 unspecified atom stereocenters. The zero-order valence-corrected chi connectivity index (χ0v) is 16.7. The molecule has 0 bridgehead atoms. The Balaban J connectivity index is 0.000000593. The van der Waals surface area contributed by atoms with Crippen LogP contribution in [0.4, 0.5) is 5.82 Å². The van der Waals surface area contributed by atoms with Crippen LogP contribution in [0.2, 0.25) is 0 Å². The highest BCUT2D eigenvalue weighted by Crippen LogP contribution is 2.16. The van der Waals surface area contributed by atoms with Gasteiger partial charge < -0.3 is 24.6 Å². The first-order valence-electron chi connectivity index (χ1n) is 9.97. The lowest BCUT2D eigenvalue weighted by Gasteiger charge is -2.39. The van der Waals surface area contributed by atoms with Crippen molar-refractivity contribution in [2.75, 3.05) is 26.2 Å². The van der Waals surface area contributed by atoms with Crippen LogP contribution >= 0.6 is 0 Å². The second-order valence-corrected chi connectivity index (χ2v) is 6.79. The summed E-state index contributed by atoms with van der Waals surface area (Å²) in [4.78, 5) is 15.9. The minimum absolute atomic E-state index is 0.204. The second-order valence-electron chi connectivity index (χ2n) is 6.79. The van der Waals surface area contributed by atoms with Crippen LogP contribution < -0.4 is 4.98 Å². The van der Waals surface area contributed by atoms with Gasteiger partial charge in [0.2, 0.25) is 0 Å². The van der Waals surface area contributed by atoms with E-state index in [-0.39, 0.29) is 5.82 Å². The summed E-state index contributed by atoms with van der Waals surface area (Å²) in [7, 11) is 0. The molecule has 146 valence electrons. The summed E-state index contributed by atoms with van der Waals surface area (Å²) < 4.78 is 1.42. The first-order valence-corrected chi connectivity index (χ1v) is 9.97. The predicted octanol–water partition coefficient (Wildman–Crippen LogP) is 4.95. The van der Waals surface area contributed by atoms with E-state index >= 15 is 0 Å². The number of nitrogens with zero attached hydrogens (tertiary/aromatic N) is 4. The monoisotopic (exact) mass is 354 g/mol. The molecule has 25 heavy (non-hydrogen) atoms. The number of hydrogen-bond acceptors (Lipinski definition) is 3. The average molecular weight is 355 g/mol. The number of quaternary nitrogens is 1. The number of aromatic nitrogens is 2. The summed E-state index contributed by atoms with van der Waals surface area (Å²) in [5.74, 6) is -0.204. The van der Waals surface area contributed by atoms with E-state index < -0.39 is 4.92 Å². The van der Waals surface area contributed by atoms with Gasteiger partial charge in [-0.3, -0.25) is 0 Å². The third kappa shape index (κ3) is 10.9. The summed E-state index contributed by atoms with van der Waals surface area (Å²) in [6, 6.07) is 0. The van der Waals surface area contributed by atoms with Crippen LogP contribution in [-0.4, -0.2) is 40.6 Å². The fraction of sp³-hybridized carbons (Fsp3) is 0.842. The standard InChI is InChI=1S/C16H36N.C3H2N3O2/c1-5-9-13-17(14-10-6-2,15-11-7-3)16-12-8-4;7-6(8)3-1-4-2-5-3/h5-16H2,1-4H3;1-2H/q+1;-1. The van der Waals surface area contributed by atoms with E-state index in [1.165, 1.54) is 82.0 Å². The van der Waals surface area contributed by atoms with Crippen molar-refractivity contribution in [3.05, 3.63) is 22.6 Å². The highest BCUT2D eigenvalue weighted by molar-refractivity contribution is 5.09. The lowest BCUT2D eigenvalue weighted by molar-refractivity contribution is -0.929. The minimum Gasteiger partial charge on any atom is -0.446 e. The van der Waals surface area contributed by atoms with Crippen molar-refractivity contribution >= 4 is 5.82 Å². The molecule has 0 radical (unpaired) electrons. The van der Waals surface area contributed by atoms with Gasteiger partial charge in [-0.05, 0) is 31.9 Å². The van der Waals surface area contributed by atoms with E-state index in [0.29, 0.717) is 0 Å². The van der Waals surface area contributed by atoms with Crippen LogP contribution in [0.25, 0.3) is 0 Å². The molecule has 1 aromatic heterocycles. The van der Waals surface area contributed by atoms with Crippen molar-refractivity contribution in [2.24, 2.45) is 0 Å². The van der Waals surface area contributed by atoms with Gasteiger partial charge in [0.25, 0.3) is 0 Å². The van der Waals surface area contributed by atoms with E-state index in [1.807, 2.05) is 0 Å². The van der Waals surface area contributed by atoms with Gasteiger partial charge >= 0.3 is 0 Å². The van der Waals surface area contributed by atoms with Crippen LogP contribution in [0.1, 0.15) is 79.1 Å². The van der Waals surface area contributed by atoms with Crippen LogP contribution in [0.3, 0.4) is 0 Å². The van der Waals surface area contributed by atoms with Crippen LogP contribution in [0.5, 0.6) is 0 Å². The van der Waals surface area contributed by atoms with Gasteiger partial charge in [-0.15, -0.1) is 0 Å². The number of rotatable bonds is 13. The summed E-state index contributed by atoms with van der Waals surface area (Å²) in [6.45, 7) is 15.0. The predicted molar refractivity (Wildman–Crippen MR) is 104 cm³/mol. The topological polar surface area (TPSA) is 70.1 Å². The molecular formula is C19H38N4O2. The molecule has 0 atom stereocenters. The van der Waals surface area contributed by atoms with Crippen molar-refractivity contribution in [3.8, 4) is 0 Å². The molecule has 1 heterocycles. The summed E-state index contributed by atoms with van der Waals surface area (Å²) in [6.07, 6.45) is 13.3. The Hall–Kier alpha value is -1.43. The molecule has 0 aliphatic heterocycles. The fourth-order valence-electron chi connectivity index (χ4n) is 2.97. The molecule has 0 aromatic carbocycles. The zero-order chi connectivity index (χ0) is 19.0. The van der Waals surface area contributed by atoms with Gasteiger partial charge in [0, 0.05) is 0 Å². The van der Waals surface area contributed by atoms with Gasteiger partial charge in [-0.2, -0.15) is 0 Å². The average Bonchev–Trinajstić information content (AvgIpc) is 3.16. The number of imidazole rings is 1. The normalized spacial score (nSPS) is 11.0. The lowest BCUT2D eigenvalue weighted by Crippen LogP contribution is -2.50. The highest BCUT2D eigenvalue weighted by atomic mass is 16.6. The first kappa shape index (κ1) is 23.6. The second kappa shape index (κ2) is 14.9. The molecule has 0 saturated heterocycles. The van der Waals surface area contributed by atoms with Crippen LogP contribution in [-0.2, 0) is 0 Å². The molecular weight excluding hydrogens is 316 g/mol. The molecule has 6 heteroatoms. The molecule has 0 amide bonds. The van der Waals surface area contributed by atoms with Crippen molar-refractivity contribution < 1.29 is 9.41 Å². The van der Waals surface area contributed by atoms with E-state index in [9.17, 15) is 10.1 Å². The highest BCUT2D eigenvalue weighted by Gasteiger charge is 2.24. The van der Waals surface area contributed by atoms with Crippen molar-refractivity contribution in [1.82, 2.24) is 9.97 Å². The minimum atomic E-state index is -0.590. The Morgan fingerprint density at radius 1 is 0.920 bits per heavy atom. The van der Waals surface area contributed by atoms with E-state index in [0.717, 1.165) is 12.5 Å². The van der Waals surface area contributed by atoms with Gasteiger partial charge in [0.1, 0.15) is 0 Å². The Bertz CT molecular complexity index is 384. The Labute approximate surface area is 153 Å². The largest absolute Gasteiger partial charge is 0.446 e. The van der Waals surface area contributed by atoms with Gasteiger partial charge in [-0.25, -0.2) is 0 Å². The molecule has 0 N–H and O–H groups in total. The molecule has 6 nitrogen and oxygen atoms in total. The summed E-state index contributed by atoms with van der Waals surface area (Å²) >= 11 is 0. The maximum Gasteiger partial charge on any atom is 0.158 e. The molecule has 0 aliphatic carbocycles. The zero-order valence-electron chi connectivity index (χ0n) is 16.7. The summed E-state index contributed by atoms with van der Waals surface area (Å²) in [5, 5.41) is 9.77.